The van der Waals surface area contributed by atoms with Gasteiger partial charge in [0.05, 0.1) is 5.69 Å². The Bertz CT molecular complexity index is 774. The van der Waals surface area contributed by atoms with Crippen LogP contribution in [0.2, 0.25) is 0 Å². The van der Waals surface area contributed by atoms with E-state index in [2.05, 4.69) is 15.0 Å². The predicted molar refractivity (Wildman–Crippen MR) is 100 cm³/mol. The lowest BCUT2D eigenvalue weighted by molar-refractivity contribution is -0.127. The number of carbonyl (C=O) groups is 1. The Balaban J connectivity index is 1.67. The topological polar surface area (TPSA) is 67.2 Å². The van der Waals surface area contributed by atoms with Crippen molar-refractivity contribution >= 4 is 5.91 Å². The van der Waals surface area contributed by atoms with Crippen molar-refractivity contribution in [1.29, 1.82) is 0 Å². The highest BCUT2D eigenvalue weighted by Crippen LogP contribution is 2.31. The molecule has 0 aliphatic carbocycles. The summed E-state index contributed by atoms with van der Waals surface area (Å²) in [6.45, 7) is 2.26. The maximum Gasteiger partial charge on any atom is 0.246 e. The summed E-state index contributed by atoms with van der Waals surface area (Å²) in [4.78, 5) is 29.8. The lowest BCUT2D eigenvalue weighted by Gasteiger charge is -2.31. The summed E-state index contributed by atoms with van der Waals surface area (Å²) in [6, 6.07) is 0. The van der Waals surface area contributed by atoms with Crippen LogP contribution in [0.15, 0.2) is 36.9 Å². The number of likely N-dealkylation sites (N-methyl/N-ethyl adjacent to an activating group) is 1. The van der Waals surface area contributed by atoms with E-state index in [1.807, 2.05) is 47.8 Å². The van der Waals surface area contributed by atoms with Crippen LogP contribution in [-0.2, 0) is 11.8 Å². The molecule has 0 atom stereocenters. The van der Waals surface area contributed by atoms with Crippen LogP contribution >= 0.6 is 0 Å². The van der Waals surface area contributed by atoms with E-state index in [1.165, 1.54) is 0 Å². The summed E-state index contributed by atoms with van der Waals surface area (Å²) in [5.41, 5.74) is 1.83. The van der Waals surface area contributed by atoms with E-state index in [4.69, 9.17) is 0 Å². The highest BCUT2D eigenvalue weighted by atomic mass is 16.2. The zero-order chi connectivity index (χ0) is 18.5. The molecule has 0 aromatic carbocycles. The molecular weight excluding hydrogens is 328 g/mol. The number of piperidine rings is 1. The third-order valence-corrected chi connectivity index (χ3v) is 4.68. The highest BCUT2D eigenvalue weighted by Gasteiger charge is 2.27. The SMILES string of the molecule is CN(C)C/C=C/C(=O)N1CCC(c2nccnc2-c2nccn2C)CC1. The molecule has 0 radical (unpaired) electrons. The first-order valence-electron chi connectivity index (χ1n) is 8.95. The number of nitrogens with zero attached hydrogens (tertiary/aromatic N) is 6. The fourth-order valence-corrected chi connectivity index (χ4v) is 3.26. The number of aromatic nitrogens is 4. The van der Waals surface area contributed by atoms with Gasteiger partial charge in [-0.3, -0.25) is 9.78 Å². The van der Waals surface area contributed by atoms with Gasteiger partial charge < -0.3 is 14.4 Å². The molecule has 7 nitrogen and oxygen atoms in total. The molecule has 0 N–H and O–H groups in total. The van der Waals surface area contributed by atoms with E-state index in [9.17, 15) is 4.79 Å². The van der Waals surface area contributed by atoms with Crippen LogP contribution in [0.1, 0.15) is 24.5 Å². The van der Waals surface area contributed by atoms with Crippen molar-refractivity contribution in [2.45, 2.75) is 18.8 Å². The second-order valence-corrected chi connectivity index (χ2v) is 6.92. The molecule has 7 heteroatoms. The second-order valence-electron chi connectivity index (χ2n) is 6.92. The van der Waals surface area contributed by atoms with Gasteiger partial charge in [-0.05, 0) is 26.9 Å². The third-order valence-electron chi connectivity index (χ3n) is 4.68. The Morgan fingerprint density at radius 1 is 1.19 bits per heavy atom. The molecule has 0 spiro atoms. The van der Waals surface area contributed by atoms with Gasteiger partial charge in [-0.1, -0.05) is 6.08 Å². The van der Waals surface area contributed by atoms with Crippen molar-refractivity contribution in [2.24, 2.45) is 7.05 Å². The van der Waals surface area contributed by atoms with E-state index in [1.54, 1.807) is 24.7 Å². The van der Waals surface area contributed by atoms with E-state index in [-0.39, 0.29) is 5.91 Å². The van der Waals surface area contributed by atoms with Gasteiger partial charge in [-0.15, -0.1) is 0 Å². The van der Waals surface area contributed by atoms with Crippen LogP contribution in [0.4, 0.5) is 0 Å². The number of hydrogen-bond acceptors (Lipinski definition) is 5. The average molecular weight is 354 g/mol. The minimum Gasteiger partial charge on any atom is -0.339 e. The molecule has 3 rings (SSSR count). The molecular formula is C19H26N6O. The molecule has 138 valence electrons. The molecule has 3 heterocycles. The zero-order valence-corrected chi connectivity index (χ0v) is 15.7. The van der Waals surface area contributed by atoms with Crippen molar-refractivity contribution in [1.82, 2.24) is 29.3 Å². The molecule has 1 fully saturated rings. The normalized spacial score (nSPS) is 15.9. The van der Waals surface area contributed by atoms with Crippen LogP contribution in [0, 0.1) is 0 Å². The first kappa shape index (κ1) is 18.3. The maximum absolute atomic E-state index is 12.3. The number of carbonyl (C=O) groups excluding carboxylic acids is 1. The van der Waals surface area contributed by atoms with Gasteiger partial charge in [-0.25, -0.2) is 9.97 Å². The van der Waals surface area contributed by atoms with E-state index < -0.39 is 0 Å². The Hall–Kier alpha value is -2.54. The molecule has 2 aromatic heterocycles. The fraction of sp³-hybridized carbons (Fsp3) is 0.474. The number of amides is 1. The van der Waals surface area contributed by atoms with Gasteiger partial charge in [0, 0.05) is 63.5 Å². The molecule has 26 heavy (non-hydrogen) atoms. The van der Waals surface area contributed by atoms with Crippen molar-refractivity contribution in [2.75, 3.05) is 33.7 Å². The first-order valence-corrected chi connectivity index (χ1v) is 8.95. The summed E-state index contributed by atoms with van der Waals surface area (Å²) in [7, 11) is 5.93. The summed E-state index contributed by atoms with van der Waals surface area (Å²) in [5.74, 6) is 1.22. The lowest BCUT2D eigenvalue weighted by Crippen LogP contribution is -2.37. The van der Waals surface area contributed by atoms with E-state index in [0.29, 0.717) is 5.92 Å². The molecule has 1 aliphatic heterocycles. The fourth-order valence-electron chi connectivity index (χ4n) is 3.26. The Labute approximate surface area is 154 Å². The minimum atomic E-state index is 0.0915. The minimum absolute atomic E-state index is 0.0915. The first-order chi connectivity index (χ1) is 12.6. The third kappa shape index (κ3) is 4.16. The van der Waals surface area contributed by atoms with Crippen LogP contribution in [0.5, 0.6) is 0 Å². The van der Waals surface area contributed by atoms with Crippen LogP contribution < -0.4 is 0 Å². The summed E-state index contributed by atoms with van der Waals surface area (Å²) in [6.07, 6.45) is 12.5. The molecule has 2 aromatic rings. The number of likely N-dealkylation sites (tertiary alicyclic amines) is 1. The lowest BCUT2D eigenvalue weighted by atomic mass is 9.91. The quantitative estimate of drug-likeness (QED) is 0.765. The van der Waals surface area contributed by atoms with E-state index in [0.717, 1.165) is 49.7 Å². The van der Waals surface area contributed by atoms with Crippen LogP contribution in [-0.4, -0.2) is 69.0 Å². The Morgan fingerprint density at radius 2 is 1.92 bits per heavy atom. The summed E-state index contributed by atoms with van der Waals surface area (Å²) < 4.78 is 1.96. The van der Waals surface area contributed by atoms with Gasteiger partial charge in [0.2, 0.25) is 5.91 Å². The molecule has 0 unspecified atom stereocenters. The molecule has 1 saturated heterocycles. The van der Waals surface area contributed by atoms with Crippen molar-refractivity contribution < 1.29 is 4.79 Å². The largest absolute Gasteiger partial charge is 0.339 e. The van der Waals surface area contributed by atoms with Gasteiger partial charge >= 0.3 is 0 Å². The maximum atomic E-state index is 12.3. The Morgan fingerprint density at radius 3 is 2.58 bits per heavy atom. The molecule has 1 amide bonds. The zero-order valence-electron chi connectivity index (χ0n) is 15.7. The number of aryl methyl sites for hydroxylation is 1. The average Bonchev–Trinajstić information content (AvgIpc) is 3.07. The van der Waals surface area contributed by atoms with Crippen LogP contribution in [0.25, 0.3) is 11.5 Å². The van der Waals surface area contributed by atoms with Crippen molar-refractivity contribution in [3.8, 4) is 11.5 Å². The van der Waals surface area contributed by atoms with Gasteiger partial charge in [-0.2, -0.15) is 0 Å². The second kappa shape index (κ2) is 8.23. The summed E-state index contributed by atoms with van der Waals surface area (Å²) in [5, 5.41) is 0. The standard InChI is InChI=1S/C19H26N6O/c1-23(2)11-4-5-16(26)25-12-6-15(7-13-25)17-18(21-9-8-20-17)19-22-10-14-24(19)3/h4-5,8-10,14-15H,6-7,11-13H2,1-3H3/b5-4+. The van der Waals surface area contributed by atoms with E-state index >= 15 is 0 Å². The number of imidazole rings is 1. The van der Waals surface area contributed by atoms with Gasteiger partial charge in [0.15, 0.2) is 5.82 Å². The molecule has 1 aliphatic rings. The molecule has 0 saturated carbocycles. The molecule has 0 bridgehead atoms. The Kier molecular flexibility index (Phi) is 5.78. The van der Waals surface area contributed by atoms with Gasteiger partial charge in [0.1, 0.15) is 5.69 Å². The monoisotopic (exact) mass is 354 g/mol. The predicted octanol–water partition coefficient (Wildman–Crippen LogP) is 1.70. The smallest absolute Gasteiger partial charge is 0.246 e. The summed E-state index contributed by atoms with van der Waals surface area (Å²) >= 11 is 0. The number of hydrogen-bond donors (Lipinski definition) is 0. The van der Waals surface area contributed by atoms with Gasteiger partial charge in [0.25, 0.3) is 0 Å². The van der Waals surface area contributed by atoms with Crippen molar-refractivity contribution in [3.63, 3.8) is 0 Å². The highest BCUT2D eigenvalue weighted by molar-refractivity contribution is 5.87. The number of rotatable bonds is 5. The van der Waals surface area contributed by atoms with Crippen LogP contribution in [0.3, 0.4) is 0 Å². The van der Waals surface area contributed by atoms with Crippen molar-refractivity contribution in [3.05, 3.63) is 42.6 Å².